The van der Waals surface area contributed by atoms with Gasteiger partial charge in [-0.15, -0.1) is 0 Å². The summed E-state index contributed by atoms with van der Waals surface area (Å²) < 4.78 is 24.7. The summed E-state index contributed by atoms with van der Waals surface area (Å²) in [7, 11) is 0. The van der Waals surface area contributed by atoms with Crippen molar-refractivity contribution >= 4 is 12.1 Å². The Morgan fingerprint density at radius 2 is 1.58 bits per heavy atom. The lowest BCUT2D eigenvalue weighted by Crippen LogP contribution is -2.40. The van der Waals surface area contributed by atoms with Gasteiger partial charge >= 0.3 is 12.1 Å². The Balaban J connectivity index is 1.32. The van der Waals surface area contributed by atoms with E-state index >= 15 is 0 Å². The van der Waals surface area contributed by atoms with Gasteiger partial charge in [-0.1, -0.05) is 66.7 Å². The van der Waals surface area contributed by atoms with Gasteiger partial charge < -0.3 is 9.47 Å². The molecule has 1 amide bonds. The second-order valence-corrected chi connectivity index (χ2v) is 7.68. The summed E-state index contributed by atoms with van der Waals surface area (Å²) in [5, 5.41) is 0. The number of carbonyl (C=O) groups is 2. The van der Waals surface area contributed by atoms with Crippen molar-refractivity contribution in [3.05, 3.63) is 95.3 Å². The Morgan fingerprint density at radius 1 is 0.968 bits per heavy atom. The zero-order valence-corrected chi connectivity index (χ0v) is 16.7. The number of carbonyl (C=O) groups excluding carboxylic acids is 2. The average molecular weight is 417 g/mol. The van der Waals surface area contributed by atoms with Crippen molar-refractivity contribution in [3.8, 4) is 11.1 Å². The molecule has 0 aromatic heterocycles. The Morgan fingerprint density at radius 3 is 2.26 bits per heavy atom. The van der Waals surface area contributed by atoms with Crippen LogP contribution < -0.4 is 0 Å². The van der Waals surface area contributed by atoms with E-state index < -0.39 is 23.9 Å². The summed E-state index contributed by atoms with van der Waals surface area (Å²) >= 11 is 0. The number of halogens is 1. The largest absolute Gasteiger partial charge is 0.448 e. The molecule has 1 aliphatic heterocycles. The summed E-state index contributed by atoms with van der Waals surface area (Å²) in [5.41, 5.74) is 4.83. The first-order chi connectivity index (χ1) is 15.1. The van der Waals surface area contributed by atoms with E-state index in [-0.39, 0.29) is 25.7 Å². The normalized spacial score (nSPS) is 17.3. The molecule has 3 aromatic rings. The minimum absolute atomic E-state index is 0.0374. The number of nitrogens with zero attached hydrogens (tertiary/aromatic N) is 1. The summed E-state index contributed by atoms with van der Waals surface area (Å²) in [6.45, 7) is -0.0569. The first-order valence-corrected chi connectivity index (χ1v) is 10.1. The topological polar surface area (TPSA) is 55.8 Å². The second kappa shape index (κ2) is 7.87. The van der Waals surface area contributed by atoms with Crippen LogP contribution in [0.2, 0.25) is 0 Å². The molecule has 1 fully saturated rings. The molecule has 156 valence electrons. The maximum Gasteiger partial charge on any atom is 0.413 e. The zero-order chi connectivity index (χ0) is 21.4. The maximum atomic E-state index is 14.0. The van der Waals surface area contributed by atoms with Gasteiger partial charge in [-0.25, -0.2) is 14.0 Å². The van der Waals surface area contributed by atoms with Crippen molar-refractivity contribution in [3.63, 3.8) is 0 Å². The molecule has 2 aliphatic rings. The number of hydrogen-bond donors (Lipinski definition) is 0. The Hall–Kier alpha value is -3.67. The lowest BCUT2D eigenvalue weighted by Gasteiger charge is -2.21. The van der Waals surface area contributed by atoms with Gasteiger partial charge in [0.15, 0.2) is 6.73 Å². The van der Waals surface area contributed by atoms with Gasteiger partial charge in [0, 0.05) is 12.3 Å². The molecule has 6 heteroatoms. The summed E-state index contributed by atoms with van der Waals surface area (Å²) in [4.78, 5) is 26.3. The summed E-state index contributed by atoms with van der Waals surface area (Å²) in [6.07, 6.45) is -0.607. The van der Waals surface area contributed by atoms with Crippen molar-refractivity contribution in [2.45, 2.75) is 18.4 Å². The van der Waals surface area contributed by atoms with Crippen molar-refractivity contribution in [2.75, 3.05) is 13.3 Å². The second-order valence-electron chi connectivity index (χ2n) is 7.68. The summed E-state index contributed by atoms with van der Waals surface area (Å²) in [5.74, 6) is -1.06. The third-order valence-corrected chi connectivity index (χ3v) is 5.94. The maximum absolute atomic E-state index is 14.0. The first kappa shape index (κ1) is 19.3. The van der Waals surface area contributed by atoms with E-state index in [1.54, 1.807) is 18.2 Å². The van der Waals surface area contributed by atoms with Crippen LogP contribution in [0.1, 0.15) is 22.6 Å². The molecule has 5 nitrogen and oxygen atoms in total. The highest BCUT2D eigenvalue weighted by molar-refractivity contribution is 5.84. The molecule has 1 saturated heterocycles. The molecule has 1 aliphatic carbocycles. The average Bonchev–Trinajstić information content (AvgIpc) is 3.32. The number of amides is 1. The van der Waals surface area contributed by atoms with E-state index in [2.05, 4.69) is 12.1 Å². The van der Waals surface area contributed by atoms with E-state index in [9.17, 15) is 14.0 Å². The van der Waals surface area contributed by atoms with Crippen molar-refractivity contribution < 1.29 is 23.5 Å². The molecule has 1 heterocycles. The molecule has 0 N–H and O–H groups in total. The van der Waals surface area contributed by atoms with Crippen LogP contribution in [0.4, 0.5) is 9.18 Å². The highest BCUT2D eigenvalue weighted by Crippen LogP contribution is 2.44. The number of esters is 1. The van der Waals surface area contributed by atoms with Gasteiger partial charge in [-0.2, -0.15) is 0 Å². The number of benzene rings is 3. The number of cyclic esters (lactones) is 1. The lowest BCUT2D eigenvalue weighted by molar-refractivity contribution is -0.139. The van der Waals surface area contributed by atoms with Gasteiger partial charge in [0.05, 0.1) is 0 Å². The first-order valence-electron chi connectivity index (χ1n) is 10.1. The fourth-order valence-corrected chi connectivity index (χ4v) is 4.37. The molecule has 1 unspecified atom stereocenters. The van der Waals surface area contributed by atoms with E-state index in [1.807, 2.05) is 36.4 Å². The SMILES string of the molecule is O=C1OCN(C(=O)OCC2c3ccccc3-c3ccccc32)C1Cc1ccccc1F. The fourth-order valence-electron chi connectivity index (χ4n) is 4.37. The van der Waals surface area contributed by atoms with Crippen molar-refractivity contribution in [1.82, 2.24) is 4.90 Å². The van der Waals surface area contributed by atoms with Crippen LogP contribution in [-0.2, 0) is 20.7 Å². The standard InChI is InChI=1S/C25H20FNO4/c26-22-12-6-1-7-16(22)13-23-24(28)31-15-27(23)25(29)30-14-21-19-10-4-2-8-17(19)18-9-3-5-11-20(18)21/h1-12,21,23H,13-15H2. The quantitative estimate of drug-likeness (QED) is 0.587. The third kappa shape index (κ3) is 3.44. The summed E-state index contributed by atoms with van der Waals surface area (Å²) in [6, 6.07) is 21.4. The molecule has 0 saturated carbocycles. The number of hydrogen-bond acceptors (Lipinski definition) is 4. The van der Waals surface area contributed by atoms with Gasteiger partial charge in [0.2, 0.25) is 0 Å². The smallest absolute Gasteiger partial charge is 0.413 e. The molecule has 1 atom stereocenters. The number of fused-ring (bicyclic) bond motifs is 3. The predicted octanol–water partition coefficient (Wildman–Crippen LogP) is 4.50. The Kier molecular flexibility index (Phi) is 4.90. The molecular weight excluding hydrogens is 397 g/mol. The van der Waals surface area contributed by atoms with Crippen LogP contribution in [0, 0.1) is 5.82 Å². The van der Waals surface area contributed by atoms with Crippen molar-refractivity contribution in [2.24, 2.45) is 0 Å². The Labute approximate surface area is 179 Å². The monoisotopic (exact) mass is 417 g/mol. The van der Waals surface area contributed by atoms with E-state index in [0.717, 1.165) is 22.3 Å². The van der Waals surface area contributed by atoms with Crippen LogP contribution in [-0.4, -0.2) is 36.3 Å². The van der Waals surface area contributed by atoms with Gasteiger partial charge in [0.25, 0.3) is 0 Å². The van der Waals surface area contributed by atoms with Crippen molar-refractivity contribution in [1.29, 1.82) is 0 Å². The number of rotatable bonds is 4. The molecule has 0 spiro atoms. The molecule has 3 aromatic carbocycles. The van der Waals surface area contributed by atoms with Gasteiger partial charge in [-0.05, 0) is 33.9 Å². The van der Waals surface area contributed by atoms with Crippen LogP contribution in [0.3, 0.4) is 0 Å². The highest BCUT2D eigenvalue weighted by Gasteiger charge is 2.40. The van der Waals surface area contributed by atoms with Crippen LogP contribution >= 0.6 is 0 Å². The minimum atomic E-state index is -0.910. The Bertz CT molecular complexity index is 1120. The van der Waals surface area contributed by atoms with Gasteiger partial charge in [-0.3, -0.25) is 4.90 Å². The van der Waals surface area contributed by atoms with Crippen LogP contribution in [0.5, 0.6) is 0 Å². The van der Waals surface area contributed by atoms with E-state index in [1.165, 1.54) is 11.0 Å². The van der Waals surface area contributed by atoms with Crippen LogP contribution in [0.15, 0.2) is 72.8 Å². The van der Waals surface area contributed by atoms with E-state index in [4.69, 9.17) is 9.47 Å². The lowest BCUT2D eigenvalue weighted by atomic mass is 9.98. The van der Waals surface area contributed by atoms with E-state index in [0.29, 0.717) is 5.56 Å². The molecular formula is C25H20FNO4. The molecule has 31 heavy (non-hydrogen) atoms. The molecule has 0 radical (unpaired) electrons. The zero-order valence-electron chi connectivity index (χ0n) is 16.7. The van der Waals surface area contributed by atoms with Gasteiger partial charge in [0.1, 0.15) is 18.5 Å². The minimum Gasteiger partial charge on any atom is -0.448 e. The highest BCUT2D eigenvalue weighted by atomic mass is 19.1. The predicted molar refractivity (Wildman–Crippen MR) is 112 cm³/mol. The molecule has 0 bridgehead atoms. The molecule has 5 rings (SSSR count). The van der Waals surface area contributed by atoms with Crippen LogP contribution in [0.25, 0.3) is 11.1 Å². The third-order valence-electron chi connectivity index (χ3n) is 5.94. The fraction of sp³-hybridized carbons (Fsp3) is 0.200. The number of ether oxygens (including phenoxy) is 2.